The number of ether oxygens (including phenoxy) is 1. The van der Waals surface area contributed by atoms with E-state index in [-0.39, 0.29) is 0 Å². The third-order valence-corrected chi connectivity index (χ3v) is 0.841. The van der Waals surface area contributed by atoms with Crippen molar-refractivity contribution in [2.75, 3.05) is 13.2 Å². The summed E-state index contributed by atoms with van der Waals surface area (Å²) in [6, 6.07) is 0. The van der Waals surface area contributed by atoms with Gasteiger partial charge in [-0.1, -0.05) is 12.2 Å². The van der Waals surface area contributed by atoms with E-state index in [1.807, 2.05) is 6.92 Å². The fraction of sp³-hybridized carbons (Fsp3) is 0.625. The van der Waals surface area contributed by atoms with Crippen molar-refractivity contribution >= 4 is 0 Å². The molecule has 0 aliphatic heterocycles. The summed E-state index contributed by atoms with van der Waals surface area (Å²) in [5, 5.41) is 0. The highest BCUT2D eigenvalue weighted by Gasteiger charge is 1.85. The van der Waals surface area contributed by atoms with Gasteiger partial charge in [0, 0.05) is 6.61 Å². The zero-order valence-corrected chi connectivity index (χ0v) is 6.02. The first kappa shape index (κ1) is 8.70. The minimum absolute atomic E-state index is 0.667. The van der Waals surface area contributed by atoms with Gasteiger partial charge in [-0.05, 0) is 26.7 Å². The van der Waals surface area contributed by atoms with Gasteiger partial charge in [0.05, 0.1) is 6.61 Å². The molecule has 0 aliphatic carbocycles. The normalized spacial score (nSPS) is 9.56. The van der Waals surface area contributed by atoms with Gasteiger partial charge in [-0.25, -0.2) is 0 Å². The van der Waals surface area contributed by atoms with Crippen LogP contribution in [-0.2, 0) is 4.74 Å². The molecule has 0 saturated heterocycles. The maximum absolute atomic E-state index is 5.24. The summed E-state index contributed by atoms with van der Waals surface area (Å²) in [7, 11) is 0. The van der Waals surface area contributed by atoms with Gasteiger partial charge in [0.2, 0.25) is 0 Å². The summed E-state index contributed by atoms with van der Waals surface area (Å²) < 4.78 is 5.16. The van der Waals surface area contributed by atoms with Crippen LogP contribution in [0.5, 0.6) is 0 Å². The Bertz CT molecular complexity index is 76.6. The van der Waals surface area contributed by atoms with Gasteiger partial charge < -0.3 is 4.74 Å². The molecule has 0 aliphatic rings. The second-order valence-electron chi connectivity index (χ2n) is 2.15. The molecule has 0 aromatic rings. The topological polar surface area (TPSA) is 9.23 Å². The first-order valence-corrected chi connectivity index (χ1v) is 3.19. The van der Waals surface area contributed by atoms with E-state index in [2.05, 4.69) is 6.58 Å². The molecule has 0 amide bonds. The lowest BCUT2D eigenvalue weighted by Gasteiger charge is -2.00. The molecule has 0 aromatic heterocycles. The molecule has 52 valence electrons. The van der Waals surface area contributed by atoms with Crippen LogP contribution >= 0.6 is 0 Å². The molecule has 1 nitrogen and oxygen atoms in total. The van der Waals surface area contributed by atoms with Crippen LogP contribution in [0.3, 0.4) is 0 Å². The van der Waals surface area contributed by atoms with E-state index in [0.29, 0.717) is 13.0 Å². The largest absolute Gasteiger partial charge is 0.377 e. The van der Waals surface area contributed by atoms with Gasteiger partial charge in [0.1, 0.15) is 0 Å². The molecule has 0 heterocycles. The maximum Gasteiger partial charge on any atom is 0.0671 e. The molecule has 0 N–H and O–H groups in total. The summed E-state index contributed by atoms with van der Waals surface area (Å²) in [5.41, 5.74) is 1.06. The predicted octanol–water partition coefficient (Wildman–Crippen LogP) is 2.07. The number of hydrogen-bond donors (Lipinski definition) is 0. The van der Waals surface area contributed by atoms with Crippen LogP contribution in [0.4, 0.5) is 0 Å². The van der Waals surface area contributed by atoms with Crippen LogP contribution < -0.4 is 0 Å². The molecular formula is C8H14O. The Labute approximate surface area is 57.7 Å². The van der Waals surface area contributed by atoms with Crippen molar-refractivity contribution in [3.8, 4) is 0 Å². The lowest BCUT2D eigenvalue weighted by Crippen LogP contribution is -1.96. The summed E-state index contributed by atoms with van der Waals surface area (Å²) >= 11 is 0. The first-order chi connectivity index (χ1) is 4.27. The third kappa shape index (κ3) is 7.70. The Hall–Kier alpha value is -0.300. The fourth-order valence-corrected chi connectivity index (χ4v) is 0.432. The molecule has 2 radical (unpaired) electrons. The fourth-order valence-electron chi connectivity index (χ4n) is 0.432. The van der Waals surface area contributed by atoms with Gasteiger partial charge in [0.25, 0.3) is 0 Å². The SMILES string of the molecule is [CH]CCCOCC(=C)C. The third-order valence-electron chi connectivity index (χ3n) is 0.841. The Kier molecular flexibility index (Phi) is 5.64. The van der Waals surface area contributed by atoms with E-state index in [1.165, 1.54) is 0 Å². The summed E-state index contributed by atoms with van der Waals surface area (Å²) in [6.07, 6.45) is 1.64. The van der Waals surface area contributed by atoms with Crippen molar-refractivity contribution in [2.45, 2.75) is 19.8 Å². The van der Waals surface area contributed by atoms with Gasteiger partial charge in [-0.15, -0.1) is 0 Å². The monoisotopic (exact) mass is 126 g/mol. The van der Waals surface area contributed by atoms with E-state index in [1.54, 1.807) is 0 Å². The van der Waals surface area contributed by atoms with Crippen LogP contribution in [-0.4, -0.2) is 13.2 Å². The van der Waals surface area contributed by atoms with Gasteiger partial charge in [-0.3, -0.25) is 0 Å². The summed E-state index contributed by atoms with van der Waals surface area (Å²) in [5.74, 6) is 0. The highest BCUT2D eigenvalue weighted by Crippen LogP contribution is 1.91. The Balaban J connectivity index is 2.83. The van der Waals surface area contributed by atoms with Crippen LogP contribution in [0.15, 0.2) is 12.2 Å². The molecule has 1 heteroatoms. The second-order valence-corrected chi connectivity index (χ2v) is 2.15. The van der Waals surface area contributed by atoms with E-state index >= 15 is 0 Å². The molecule has 0 bridgehead atoms. The Morgan fingerprint density at radius 2 is 2.33 bits per heavy atom. The van der Waals surface area contributed by atoms with Crippen LogP contribution in [0, 0.1) is 6.92 Å². The zero-order chi connectivity index (χ0) is 7.11. The van der Waals surface area contributed by atoms with Gasteiger partial charge in [0.15, 0.2) is 0 Å². The highest BCUT2D eigenvalue weighted by molar-refractivity contribution is 4.87. The smallest absolute Gasteiger partial charge is 0.0671 e. The number of unbranched alkanes of at least 4 members (excludes halogenated alkanes) is 1. The molecular weight excluding hydrogens is 112 g/mol. The average molecular weight is 126 g/mol. The molecule has 0 aromatic carbocycles. The lowest BCUT2D eigenvalue weighted by atomic mass is 10.3. The summed E-state index contributed by atoms with van der Waals surface area (Å²) in [4.78, 5) is 0. The lowest BCUT2D eigenvalue weighted by molar-refractivity contribution is 0.154. The predicted molar refractivity (Wildman–Crippen MR) is 39.2 cm³/mol. The van der Waals surface area contributed by atoms with E-state index in [4.69, 9.17) is 11.7 Å². The molecule has 0 fully saturated rings. The highest BCUT2D eigenvalue weighted by atomic mass is 16.5. The van der Waals surface area contributed by atoms with Crippen molar-refractivity contribution in [1.29, 1.82) is 0 Å². The average Bonchev–Trinajstić information content (AvgIpc) is 1.80. The van der Waals surface area contributed by atoms with E-state index in [0.717, 1.165) is 18.6 Å². The molecule has 0 atom stereocenters. The summed E-state index contributed by atoms with van der Waals surface area (Å²) in [6.45, 7) is 12.3. The second kappa shape index (κ2) is 5.83. The standard InChI is InChI=1S/C8H14O/c1-4-5-6-9-7-8(2)3/h1H,2,4-7H2,3H3. The molecule has 0 saturated carbocycles. The molecule has 0 spiro atoms. The van der Waals surface area contributed by atoms with Crippen molar-refractivity contribution < 1.29 is 4.74 Å². The van der Waals surface area contributed by atoms with Crippen LogP contribution in [0.1, 0.15) is 19.8 Å². The quantitative estimate of drug-likeness (QED) is 0.405. The minimum Gasteiger partial charge on any atom is -0.377 e. The molecule has 0 unspecified atom stereocenters. The van der Waals surface area contributed by atoms with Crippen molar-refractivity contribution in [3.05, 3.63) is 19.1 Å². The van der Waals surface area contributed by atoms with E-state index < -0.39 is 0 Å². The Morgan fingerprint density at radius 1 is 1.67 bits per heavy atom. The Morgan fingerprint density at radius 3 is 2.78 bits per heavy atom. The van der Waals surface area contributed by atoms with E-state index in [9.17, 15) is 0 Å². The van der Waals surface area contributed by atoms with Gasteiger partial charge in [-0.2, -0.15) is 0 Å². The maximum atomic E-state index is 5.24. The number of hydrogen-bond acceptors (Lipinski definition) is 1. The van der Waals surface area contributed by atoms with Crippen molar-refractivity contribution in [3.63, 3.8) is 0 Å². The van der Waals surface area contributed by atoms with Crippen molar-refractivity contribution in [2.24, 2.45) is 0 Å². The molecule has 0 rings (SSSR count). The molecule has 9 heavy (non-hydrogen) atoms. The van der Waals surface area contributed by atoms with Crippen LogP contribution in [0.25, 0.3) is 0 Å². The first-order valence-electron chi connectivity index (χ1n) is 3.19. The zero-order valence-electron chi connectivity index (χ0n) is 6.02. The minimum atomic E-state index is 0.667. The van der Waals surface area contributed by atoms with Gasteiger partial charge >= 0.3 is 0 Å². The van der Waals surface area contributed by atoms with Crippen LogP contribution in [0.2, 0.25) is 0 Å². The number of rotatable bonds is 5. The van der Waals surface area contributed by atoms with Crippen molar-refractivity contribution in [1.82, 2.24) is 0 Å².